The van der Waals surface area contributed by atoms with Gasteiger partial charge < -0.3 is 14.2 Å². The Labute approximate surface area is 198 Å². The van der Waals surface area contributed by atoms with E-state index in [9.17, 15) is 9.59 Å². The third-order valence-corrected chi connectivity index (χ3v) is 5.21. The average molecular weight is 459 g/mol. The van der Waals surface area contributed by atoms with Crippen molar-refractivity contribution >= 4 is 23.6 Å². The number of hydrogen-bond acceptors (Lipinski definition) is 5. The average Bonchev–Trinajstić information content (AvgIpc) is 3.16. The summed E-state index contributed by atoms with van der Waals surface area (Å²) < 4.78 is 17.2. The summed E-state index contributed by atoms with van der Waals surface area (Å²) in [6.45, 7) is 3.00. The van der Waals surface area contributed by atoms with Crippen LogP contribution in [-0.4, -0.2) is 32.1 Å². The molecule has 0 bridgehead atoms. The van der Waals surface area contributed by atoms with Crippen LogP contribution in [0.2, 0.25) is 0 Å². The summed E-state index contributed by atoms with van der Waals surface area (Å²) in [7, 11) is 1.55. The van der Waals surface area contributed by atoms with E-state index in [4.69, 9.17) is 14.2 Å². The highest BCUT2D eigenvalue weighted by atomic mass is 16.5. The maximum absolute atomic E-state index is 12.8. The van der Waals surface area contributed by atoms with Gasteiger partial charge in [-0.25, -0.2) is 5.01 Å². The monoisotopic (exact) mass is 458 g/mol. The van der Waals surface area contributed by atoms with Gasteiger partial charge in [0.05, 0.1) is 26.0 Å². The Balaban J connectivity index is 1.41. The molecule has 3 aromatic rings. The summed E-state index contributed by atoms with van der Waals surface area (Å²) in [6, 6.07) is 23.9. The number of para-hydroxylation sites is 2. The number of rotatable bonds is 9. The van der Waals surface area contributed by atoms with Gasteiger partial charge in [-0.05, 0) is 48.0 Å². The number of methoxy groups -OCH3 is 1. The van der Waals surface area contributed by atoms with Crippen molar-refractivity contribution in [1.82, 2.24) is 5.43 Å². The summed E-state index contributed by atoms with van der Waals surface area (Å²) in [5.41, 5.74) is 3.89. The first-order valence-corrected chi connectivity index (χ1v) is 11.0. The van der Waals surface area contributed by atoms with E-state index in [1.54, 1.807) is 55.7 Å². The number of benzene rings is 3. The highest BCUT2D eigenvalue weighted by Gasteiger charge is 2.34. The third-order valence-electron chi connectivity index (χ3n) is 5.21. The standard InChI is InChI=1S/C27H26N2O5/c1-19(17-33-22-11-7-4-8-12-22)18-34-24-14-13-20(16-25(24)32-2)15-23-26(30)28-29(27(23)31)21-9-5-3-6-10-21/h3-16,19H,17-18H2,1-2H3,(H,28,30)/b23-15+. The quantitative estimate of drug-likeness (QED) is 0.383. The fourth-order valence-electron chi connectivity index (χ4n) is 3.41. The smallest absolute Gasteiger partial charge is 0.282 e. The van der Waals surface area contributed by atoms with E-state index in [0.717, 1.165) is 5.75 Å². The Morgan fingerprint density at radius 3 is 2.26 bits per heavy atom. The third kappa shape index (κ3) is 5.38. The van der Waals surface area contributed by atoms with Crippen molar-refractivity contribution in [1.29, 1.82) is 0 Å². The number of amides is 2. The maximum Gasteiger partial charge on any atom is 0.282 e. The lowest BCUT2D eigenvalue weighted by Crippen LogP contribution is -2.35. The highest BCUT2D eigenvalue weighted by Crippen LogP contribution is 2.30. The molecule has 174 valence electrons. The van der Waals surface area contributed by atoms with Crippen molar-refractivity contribution in [2.24, 2.45) is 5.92 Å². The molecule has 0 saturated carbocycles. The molecule has 34 heavy (non-hydrogen) atoms. The van der Waals surface area contributed by atoms with Gasteiger partial charge in [0.15, 0.2) is 11.5 Å². The second-order valence-electron chi connectivity index (χ2n) is 7.93. The van der Waals surface area contributed by atoms with Crippen molar-refractivity contribution in [2.45, 2.75) is 6.92 Å². The zero-order valence-corrected chi connectivity index (χ0v) is 19.1. The molecule has 1 heterocycles. The molecular formula is C27H26N2O5. The minimum atomic E-state index is -0.458. The van der Waals surface area contributed by atoms with Gasteiger partial charge in [-0.2, -0.15) is 0 Å². The molecule has 1 unspecified atom stereocenters. The molecule has 0 spiro atoms. The molecule has 0 radical (unpaired) electrons. The first-order valence-electron chi connectivity index (χ1n) is 11.0. The van der Waals surface area contributed by atoms with Gasteiger partial charge in [0, 0.05) is 5.92 Å². The molecule has 2 amide bonds. The van der Waals surface area contributed by atoms with E-state index in [-0.39, 0.29) is 11.5 Å². The first kappa shape index (κ1) is 22.9. The van der Waals surface area contributed by atoms with E-state index in [1.807, 2.05) is 43.3 Å². The lowest BCUT2D eigenvalue weighted by molar-refractivity contribution is -0.117. The molecular weight excluding hydrogens is 432 g/mol. The van der Waals surface area contributed by atoms with Crippen LogP contribution in [0, 0.1) is 5.92 Å². The predicted molar refractivity (Wildman–Crippen MR) is 130 cm³/mol. The van der Waals surface area contributed by atoms with Crippen LogP contribution in [0.3, 0.4) is 0 Å². The SMILES string of the molecule is COc1cc(/C=C2\C(=O)NN(c3ccccc3)C2=O)ccc1OCC(C)COc1ccccc1. The number of anilines is 1. The number of carbonyl (C=O) groups is 2. The van der Waals surface area contributed by atoms with Crippen molar-refractivity contribution in [2.75, 3.05) is 25.3 Å². The van der Waals surface area contributed by atoms with Gasteiger partial charge in [-0.3, -0.25) is 15.0 Å². The molecule has 3 aromatic carbocycles. The van der Waals surface area contributed by atoms with Crippen LogP contribution >= 0.6 is 0 Å². The van der Waals surface area contributed by atoms with E-state index in [1.165, 1.54) is 5.01 Å². The van der Waals surface area contributed by atoms with E-state index < -0.39 is 11.8 Å². The fourth-order valence-corrected chi connectivity index (χ4v) is 3.41. The normalized spacial score (nSPS) is 15.2. The summed E-state index contributed by atoms with van der Waals surface area (Å²) >= 11 is 0. The van der Waals surface area contributed by atoms with E-state index in [2.05, 4.69) is 5.43 Å². The molecule has 1 atom stereocenters. The van der Waals surface area contributed by atoms with E-state index >= 15 is 0 Å². The van der Waals surface area contributed by atoms with Crippen LogP contribution in [-0.2, 0) is 9.59 Å². The Morgan fingerprint density at radius 1 is 0.882 bits per heavy atom. The van der Waals surface area contributed by atoms with Gasteiger partial charge in [0.2, 0.25) is 0 Å². The fraction of sp³-hybridized carbons (Fsp3) is 0.185. The summed E-state index contributed by atoms with van der Waals surface area (Å²) in [5, 5.41) is 1.24. The van der Waals surface area contributed by atoms with Crippen molar-refractivity contribution < 1.29 is 23.8 Å². The largest absolute Gasteiger partial charge is 0.493 e. The van der Waals surface area contributed by atoms with Gasteiger partial charge in [0.25, 0.3) is 11.8 Å². The van der Waals surface area contributed by atoms with Gasteiger partial charge >= 0.3 is 0 Å². The van der Waals surface area contributed by atoms with Crippen LogP contribution in [0.15, 0.2) is 84.4 Å². The van der Waals surface area contributed by atoms with Crippen LogP contribution in [0.4, 0.5) is 5.69 Å². The number of carbonyl (C=O) groups excluding carboxylic acids is 2. The number of nitrogens with zero attached hydrogens (tertiary/aromatic N) is 1. The van der Waals surface area contributed by atoms with Crippen LogP contribution in [0.1, 0.15) is 12.5 Å². The maximum atomic E-state index is 12.8. The Morgan fingerprint density at radius 2 is 1.56 bits per heavy atom. The van der Waals surface area contributed by atoms with Gasteiger partial charge in [-0.15, -0.1) is 0 Å². The molecule has 7 heteroatoms. The zero-order chi connectivity index (χ0) is 23.9. The molecule has 1 aliphatic rings. The van der Waals surface area contributed by atoms with Crippen molar-refractivity contribution in [3.05, 3.63) is 90.0 Å². The lowest BCUT2D eigenvalue weighted by Gasteiger charge is -2.16. The molecule has 0 aromatic heterocycles. The molecule has 1 fully saturated rings. The summed E-state index contributed by atoms with van der Waals surface area (Å²) in [5.74, 6) is 1.18. The second-order valence-corrected chi connectivity index (χ2v) is 7.93. The molecule has 1 N–H and O–H groups in total. The summed E-state index contributed by atoms with van der Waals surface area (Å²) in [6.07, 6.45) is 1.54. The number of nitrogens with one attached hydrogen (secondary N) is 1. The van der Waals surface area contributed by atoms with Crippen molar-refractivity contribution in [3.8, 4) is 17.2 Å². The zero-order valence-electron chi connectivity index (χ0n) is 19.1. The van der Waals surface area contributed by atoms with E-state index in [0.29, 0.717) is 36.0 Å². The number of hydrogen-bond donors (Lipinski definition) is 1. The predicted octanol–water partition coefficient (Wildman–Crippen LogP) is 4.25. The molecule has 7 nitrogen and oxygen atoms in total. The number of hydrazine groups is 1. The first-order chi connectivity index (χ1) is 16.5. The lowest BCUT2D eigenvalue weighted by atomic mass is 10.1. The Kier molecular flexibility index (Phi) is 7.13. The minimum absolute atomic E-state index is 0.0475. The highest BCUT2D eigenvalue weighted by molar-refractivity contribution is 6.31. The summed E-state index contributed by atoms with van der Waals surface area (Å²) in [4.78, 5) is 25.2. The topological polar surface area (TPSA) is 77.1 Å². The Hall–Kier alpha value is -4.26. The molecule has 1 saturated heterocycles. The van der Waals surface area contributed by atoms with Crippen molar-refractivity contribution in [3.63, 3.8) is 0 Å². The van der Waals surface area contributed by atoms with Gasteiger partial charge in [0.1, 0.15) is 11.3 Å². The second kappa shape index (κ2) is 10.6. The molecule has 0 aliphatic carbocycles. The van der Waals surface area contributed by atoms with Crippen LogP contribution < -0.4 is 24.6 Å². The van der Waals surface area contributed by atoms with Crippen LogP contribution in [0.25, 0.3) is 6.08 Å². The number of ether oxygens (including phenoxy) is 3. The molecule has 1 aliphatic heterocycles. The Bertz CT molecular complexity index is 1180. The minimum Gasteiger partial charge on any atom is -0.493 e. The van der Waals surface area contributed by atoms with Gasteiger partial charge in [-0.1, -0.05) is 49.4 Å². The molecule has 4 rings (SSSR count). The van der Waals surface area contributed by atoms with Crippen LogP contribution in [0.5, 0.6) is 17.2 Å².